The summed E-state index contributed by atoms with van der Waals surface area (Å²) in [7, 11) is 1.34. The average Bonchev–Trinajstić information content (AvgIpc) is 2.70. The summed E-state index contributed by atoms with van der Waals surface area (Å²) in [5.41, 5.74) is 0.877. The summed E-state index contributed by atoms with van der Waals surface area (Å²) in [4.78, 5) is 23.3. The van der Waals surface area contributed by atoms with E-state index in [9.17, 15) is 9.59 Å². The fourth-order valence-corrected chi connectivity index (χ4v) is 2.93. The highest BCUT2D eigenvalue weighted by Crippen LogP contribution is 2.22. The second-order valence-electron chi connectivity index (χ2n) is 6.37. The Kier molecular flexibility index (Phi) is 6.44. The molecule has 1 amide bonds. The van der Waals surface area contributed by atoms with E-state index in [1.165, 1.54) is 13.2 Å². The fraction of sp³-hybridized carbons (Fsp3) is 0.333. The molecule has 1 heterocycles. The third kappa shape index (κ3) is 5.56. The molecule has 6 heteroatoms. The molecule has 0 radical (unpaired) electrons. The Balaban J connectivity index is 1.61. The maximum Gasteiger partial charge on any atom is 0.330 e. The summed E-state index contributed by atoms with van der Waals surface area (Å²) in [6.07, 6.45) is 4.75. The molecule has 27 heavy (non-hydrogen) atoms. The first kappa shape index (κ1) is 18.9. The van der Waals surface area contributed by atoms with Gasteiger partial charge in [-0.25, -0.2) is 4.79 Å². The van der Waals surface area contributed by atoms with Gasteiger partial charge in [-0.1, -0.05) is 18.2 Å². The van der Waals surface area contributed by atoms with Crippen LogP contribution in [0.15, 0.2) is 42.5 Å². The van der Waals surface area contributed by atoms with Gasteiger partial charge < -0.3 is 19.5 Å². The molecule has 0 bridgehead atoms. The van der Waals surface area contributed by atoms with Crippen molar-refractivity contribution in [3.63, 3.8) is 0 Å². The Morgan fingerprint density at radius 3 is 2.70 bits per heavy atom. The minimum atomic E-state index is -0.400. The summed E-state index contributed by atoms with van der Waals surface area (Å²) < 4.78 is 15.5. The van der Waals surface area contributed by atoms with Crippen molar-refractivity contribution in [1.29, 1.82) is 0 Å². The maximum atomic E-state index is 12.0. The van der Waals surface area contributed by atoms with Gasteiger partial charge in [-0.05, 0) is 53.5 Å². The molecule has 0 atom stereocenters. The number of fused-ring (bicyclic) bond motifs is 1. The molecule has 6 nitrogen and oxygen atoms in total. The number of nitrogens with one attached hydrogen (secondary N) is 1. The molecule has 0 aromatic heterocycles. The van der Waals surface area contributed by atoms with Crippen LogP contribution in [0.25, 0.3) is 16.8 Å². The van der Waals surface area contributed by atoms with Crippen LogP contribution in [-0.4, -0.2) is 44.8 Å². The molecule has 1 aliphatic rings. The largest absolute Gasteiger partial charge is 0.484 e. The molecule has 0 unspecified atom stereocenters. The lowest BCUT2D eigenvalue weighted by Gasteiger charge is -2.23. The molecule has 142 valence electrons. The van der Waals surface area contributed by atoms with Gasteiger partial charge in [0.15, 0.2) is 6.61 Å². The van der Waals surface area contributed by atoms with Gasteiger partial charge in [-0.3, -0.25) is 4.79 Å². The molecule has 0 spiro atoms. The number of rotatable bonds is 6. The number of esters is 1. The Morgan fingerprint density at radius 2 is 1.93 bits per heavy atom. The van der Waals surface area contributed by atoms with E-state index in [4.69, 9.17) is 9.47 Å². The molecule has 1 aliphatic heterocycles. The van der Waals surface area contributed by atoms with Crippen molar-refractivity contribution >= 4 is 28.7 Å². The molecular formula is C21H23NO5. The lowest BCUT2D eigenvalue weighted by Crippen LogP contribution is -2.41. The van der Waals surface area contributed by atoms with Gasteiger partial charge in [0.1, 0.15) is 5.75 Å². The molecule has 0 aliphatic carbocycles. The molecule has 0 saturated carbocycles. The predicted molar refractivity (Wildman–Crippen MR) is 102 cm³/mol. The van der Waals surface area contributed by atoms with Gasteiger partial charge in [-0.15, -0.1) is 0 Å². The summed E-state index contributed by atoms with van der Waals surface area (Å²) in [5.74, 6) is 0.0956. The van der Waals surface area contributed by atoms with E-state index in [0.717, 1.165) is 29.2 Å². The van der Waals surface area contributed by atoms with Gasteiger partial charge in [0.25, 0.3) is 5.91 Å². The Bertz CT molecular complexity index is 840. The van der Waals surface area contributed by atoms with E-state index >= 15 is 0 Å². The molecular weight excluding hydrogens is 346 g/mol. The maximum absolute atomic E-state index is 12.0. The lowest BCUT2D eigenvalue weighted by molar-refractivity contribution is -0.134. The van der Waals surface area contributed by atoms with E-state index in [1.54, 1.807) is 6.08 Å². The number of ether oxygens (including phenoxy) is 3. The van der Waals surface area contributed by atoms with Crippen LogP contribution in [0.4, 0.5) is 0 Å². The summed E-state index contributed by atoms with van der Waals surface area (Å²) >= 11 is 0. The molecule has 1 fully saturated rings. The van der Waals surface area contributed by atoms with Crippen molar-refractivity contribution in [3.8, 4) is 5.75 Å². The zero-order valence-corrected chi connectivity index (χ0v) is 15.3. The van der Waals surface area contributed by atoms with Crippen LogP contribution in [0.5, 0.6) is 5.75 Å². The molecule has 2 aromatic carbocycles. The van der Waals surface area contributed by atoms with Crippen LogP contribution in [0, 0.1) is 0 Å². The van der Waals surface area contributed by atoms with Gasteiger partial charge in [0, 0.05) is 25.3 Å². The van der Waals surface area contributed by atoms with E-state index in [-0.39, 0.29) is 18.6 Å². The summed E-state index contributed by atoms with van der Waals surface area (Å²) in [6.45, 7) is 1.34. The van der Waals surface area contributed by atoms with Crippen molar-refractivity contribution in [2.24, 2.45) is 0 Å². The number of methoxy groups -OCH3 is 1. The Morgan fingerprint density at radius 1 is 1.15 bits per heavy atom. The predicted octanol–water partition coefficient (Wildman–Crippen LogP) is 2.70. The van der Waals surface area contributed by atoms with Gasteiger partial charge >= 0.3 is 5.97 Å². The standard InChI is InChI=1S/C21H23NO5/c1-25-21(24)7-3-15-2-4-16-5-6-19(13-17(16)12-15)27-14-20(23)22-18-8-10-26-11-9-18/h2-7,12-13,18H,8-11,14H2,1H3,(H,22,23)/b7-3+. The summed E-state index contributed by atoms with van der Waals surface area (Å²) in [5, 5.41) is 4.98. The number of amides is 1. The van der Waals surface area contributed by atoms with Gasteiger partial charge in [-0.2, -0.15) is 0 Å². The van der Waals surface area contributed by atoms with Crippen molar-refractivity contribution in [2.75, 3.05) is 26.9 Å². The zero-order chi connectivity index (χ0) is 19.1. The average molecular weight is 369 g/mol. The lowest BCUT2D eigenvalue weighted by atomic mass is 10.1. The van der Waals surface area contributed by atoms with Crippen molar-refractivity contribution in [1.82, 2.24) is 5.32 Å². The topological polar surface area (TPSA) is 73.9 Å². The van der Waals surface area contributed by atoms with E-state index in [0.29, 0.717) is 19.0 Å². The smallest absolute Gasteiger partial charge is 0.330 e. The van der Waals surface area contributed by atoms with Crippen molar-refractivity contribution in [2.45, 2.75) is 18.9 Å². The van der Waals surface area contributed by atoms with Crippen molar-refractivity contribution in [3.05, 3.63) is 48.0 Å². The van der Waals surface area contributed by atoms with Crippen LogP contribution in [0.2, 0.25) is 0 Å². The second-order valence-corrected chi connectivity index (χ2v) is 6.37. The first-order valence-corrected chi connectivity index (χ1v) is 8.94. The van der Waals surface area contributed by atoms with Gasteiger partial charge in [0.2, 0.25) is 0 Å². The number of benzene rings is 2. The summed E-state index contributed by atoms with van der Waals surface area (Å²) in [6, 6.07) is 11.7. The second kappa shape index (κ2) is 9.19. The van der Waals surface area contributed by atoms with Crippen molar-refractivity contribution < 1.29 is 23.8 Å². The third-order valence-electron chi connectivity index (χ3n) is 4.41. The Hall–Kier alpha value is -2.86. The van der Waals surface area contributed by atoms with Crippen LogP contribution >= 0.6 is 0 Å². The number of hydrogen-bond donors (Lipinski definition) is 1. The first-order chi connectivity index (χ1) is 13.1. The number of hydrogen-bond acceptors (Lipinski definition) is 5. The molecule has 3 rings (SSSR count). The first-order valence-electron chi connectivity index (χ1n) is 8.94. The van der Waals surface area contributed by atoms with Gasteiger partial charge in [0.05, 0.1) is 7.11 Å². The minimum Gasteiger partial charge on any atom is -0.484 e. The number of carbonyl (C=O) groups excluding carboxylic acids is 2. The highest BCUT2D eigenvalue weighted by atomic mass is 16.5. The normalized spacial score (nSPS) is 15.0. The van der Waals surface area contributed by atoms with E-state index < -0.39 is 5.97 Å². The molecule has 2 aromatic rings. The van der Waals surface area contributed by atoms with Crippen LogP contribution < -0.4 is 10.1 Å². The van der Waals surface area contributed by atoms with Crippen LogP contribution in [0.3, 0.4) is 0 Å². The molecule has 1 saturated heterocycles. The highest BCUT2D eigenvalue weighted by Gasteiger charge is 2.16. The zero-order valence-electron chi connectivity index (χ0n) is 15.3. The SMILES string of the molecule is COC(=O)/C=C/c1ccc2ccc(OCC(=O)NC3CCOCC3)cc2c1. The van der Waals surface area contributed by atoms with E-state index in [1.807, 2.05) is 36.4 Å². The quantitative estimate of drug-likeness (QED) is 0.626. The minimum absolute atomic E-state index is 0.0230. The van der Waals surface area contributed by atoms with Crippen LogP contribution in [0.1, 0.15) is 18.4 Å². The Labute approximate surface area is 158 Å². The fourth-order valence-electron chi connectivity index (χ4n) is 2.93. The third-order valence-corrected chi connectivity index (χ3v) is 4.41. The number of carbonyl (C=O) groups is 2. The van der Waals surface area contributed by atoms with Crippen LogP contribution in [-0.2, 0) is 19.1 Å². The highest BCUT2D eigenvalue weighted by molar-refractivity contribution is 5.90. The molecule has 1 N–H and O–H groups in total. The monoisotopic (exact) mass is 369 g/mol. The van der Waals surface area contributed by atoms with E-state index in [2.05, 4.69) is 10.1 Å².